The summed E-state index contributed by atoms with van der Waals surface area (Å²) in [6, 6.07) is 0. The number of esters is 1. The molecular formula is C24H40O8. The van der Waals surface area contributed by atoms with Crippen molar-refractivity contribution < 1.29 is 39.2 Å². The average Bonchev–Trinajstić information content (AvgIpc) is 2.69. The van der Waals surface area contributed by atoms with Crippen molar-refractivity contribution in [2.24, 2.45) is 0 Å². The maximum absolute atomic E-state index is 12.0. The first kappa shape index (κ1) is 29.6. The van der Waals surface area contributed by atoms with E-state index in [2.05, 4.69) is 19.1 Å². The monoisotopic (exact) mass is 456 g/mol. The molecule has 8 heteroatoms. The van der Waals surface area contributed by atoms with E-state index >= 15 is 0 Å². The number of unbranched alkanes of at least 4 members (excludes halogenated alkanes) is 11. The molecule has 0 saturated carbocycles. The van der Waals surface area contributed by atoms with Gasteiger partial charge in [0, 0.05) is 6.42 Å². The van der Waals surface area contributed by atoms with E-state index < -0.39 is 42.3 Å². The molecule has 0 radical (unpaired) electrons. The van der Waals surface area contributed by atoms with Crippen LogP contribution in [0.25, 0.3) is 0 Å². The van der Waals surface area contributed by atoms with Crippen LogP contribution < -0.4 is 0 Å². The van der Waals surface area contributed by atoms with Crippen LogP contribution in [0.1, 0.15) is 110 Å². The standard InChI is InChI=1S/C24H40O8/c1-2-3-4-5-6-7-8-9-10-11-12-13-14-15-16-17-22(29)32-24(23(30)31,18-20(25)26)19-21(27)28/h9-10H,2-8,11-19H2,1H3,(H,25,26)(H,27,28)(H,30,31)/b10-9-. The van der Waals surface area contributed by atoms with Crippen LogP contribution in [-0.4, -0.2) is 44.8 Å². The van der Waals surface area contributed by atoms with Gasteiger partial charge in [0.15, 0.2) is 0 Å². The van der Waals surface area contributed by atoms with E-state index in [1.54, 1.807) is 0 Å². The van der Waals surface area contributed by atoms with Crippen molar-refractivity contribution >= 4 is 23.9 Å². The fourth-order valence-electron chi connectivity index (χ4n) is 3.43. The first-order valence-corrected chi connectivity index (χ1v) is 11.8. The second kappa shape index (κ2) is 18.2. The fourth-order valence-corrected chi connectivity index (χ4v) is 3.43. The van der Waals surface area contributed by atoms with E-state index in [0.717, 1.165) is 38.5 Å². The third-order valence-electron chi connectivity index (χ3n) is 5.22. The molecule has 0 aliphatic carbocycles. The second-order valence-electron chi connectivity index (χ2n) is 8.25. The Kier molecular flexibility index (Phi) is 16.9. The molecule has 0 saturated heterocycles. The normalized spacial score (nSPS) is 11.5. The summed E-state index contributed by atoms with van der Waals surface area (Å²) in [6.45, 7) is 2.22. The molecule has 8 nitrogen and oxygen atoms in total. The van der Waals surface area contributed by atoms with Gasteiger partial charge in [-0.15, -0.1) is 0 Å². The van der Waals surface area contributed by atoms with E-state index in [4.69, 9.17) is 14.9 Å². The van der Waals surface area contributed by atoms with Gasteiger partial charge in [-0.2, -0.15) is 0 Å². The molecule has 0 amide bonds. The maximum Gasteiger partial charge on any atom is 0.349 e. The average molecular weight is 457 g/mol. The molecule has 0 unspecified atom stereocenters. The summed E-state index contributed by atoms with van der Waals surface area (Å²) < 4.78 is 4.83. The van der Waals surface area contributed by atoms with Crippen molar-refractivity contribution in [3.63, 3.8) is 0 Å². The van der Waals surface area contributed by atoms with Gasteiger partial charge in [0.2, 0.25) is 5.60 Å². The van der Waals surface area contributed by atoms with Crippen molar-refractivity contribution in [2.75, 3.05) is 0 Å². The van der Waals surface area contributed by atoms with Gasteiger partial charge in [-0.25, -0.2) is 4.79 Å². The summed E-state index contributed by atoms with van der Waals surface area (Å²) in [5.41, 5.74) is -2.59. The Labute approximate surface area is 191 Å². The Bertz CT molecular complexity index is 581. The highest BCUT2D eigenvalue weighted by Gasteiger charge is 2.47. The lowest BCUT2D eigenvalue weighted by Crippen LogP contribution is -2.47. The predicted molar refractivity (Wildman–Crippen MR) is 120 cm³/mol. The van der Waals surface area contributed by atoms with E-state index in [9.17, 15) is 24.3 Å². The van der Waals surface area contributed by atoms with Crippen LogP contribution in [0, 0.1) is 0 Å². The van der Waals surface area contributed by atoms with Crippen LogP contribution in [0.3, 0.4) is 0 Å². The minimum Gasteiger partial charge on any atom is -0.481 e. The third-order valence-corrected chi connectivity index (χ3v) is 5.22. The fraction of sp³-hybridized carbons (Fsp3) is 0.750. The smallest absolute Gasteiger partial charge is 0.349 e. The first-order valence-electron chi connectivity index (χ1n) is 11.8. The zero-order valence-corrected chi connectivity index (χ0v) is 19.4. The molecule has 0 aliphatic rings. The van der Waals surface area contributed by atoms with Gasteiger partial charge in [-0.05, 0) is 32.1 Å². The Morgan fingerprint density at radius 1 is 0.688 bits per heavy atom. The number of carbonyl (C=O) groups excluding carboxylic acids is 1. The van der Waals surface area contributed by atoms with Crippen molar-refractivity contribution in [3.05, 3.63) is 12.2 Å². The van der Waals surface area contributed by atoms with Gasteiger partial charge < -0.3 is 20.1 Å². The second-order valence-corrected chi connectivity index (χ2v) is 8.25. The lowest BCUT2D eigenvalue weighted by atomic mass is 9.95. The molecule has 0 rings (SSSR count). The number of aliphatic carboxylic acids is 3. The SMILES string of the molecule is CCCCCCCC/C=C\CCCCCCCC(=O)OC(CC(=O)O)(CC(=O)O)C(=O)O. The lowest BCUT2D eigenvalue weighted by molar-refractivity contribution is -0.186. The Balaban J connectivity index is 3.97. The number of carboxylic acid groups (broad SMARTS) is 3. The van der Waals surface area contributed by atoms with Crippen molar-refractivity contribution in [2.45, 2.75) is 115 Å². The highest BCUT2D eigenvalue weighted by Crippen LogP contribution is 2.23. The summed E-state index contributed by atoms with van der Waals surface area (Å²) in [7, 11) is 0. The molecule has 0 fully saturated rings. The summed E-state index contributed by atoms with van der Waals surface area (Å²) in [4.78, 5) is 45.3. The van der Waals surface area contributed by atoms with Crippen LogP contribution in [0.4, 0.5) is 0 Å². The van der Waals surface area contributed by atoms with Crippen LogP contribution in [-0.2, 0) is 23.9 Å². The summed E-state index contributed by atoms with van der Waals surface area (Å²) >= 11 is 0. The van der Waals surface area contributed by atoms with Gasteiger partial charge >= 0.3 is 23.9 Å². The zero-order valence-electron chi connectivity index (χ0n) is 19.4. The minimum atomic E-state index is -2.59. The Hall–Kier alpha value is -2.38. The Morgan fingerprint density at radius 2 is 1.12 bits per heavy atom. The molecular weight excluding hydrogens is 416 g/mol. The quantitative estimate of drug-likeness (QED) is 0.119. The number of carboxylic acids is 3. The summed E-state index contributed by atoms with van der Waals surface area (Å²) in [6.07, 6.45) is 16.4. The van der Waals surface area contributed by atoms with Crippen LogP contribution in [0.2, 0.25) is 0 Å². The predicted octanol–water partition coefficient (Wildman–Crippen LogP) is 5.34. The molecule has 3 N–H and O–H groups in total. The molecule has 32 heavy (non-hydrogen) atoms. The molecule has 184 valence electrons. The summed E-state index contributed by atoms with van der Waals surface area (Å²) in [5, 5.41) is 27.0. The first-order chi connectivity index (χ1) is 15.2. The van der Waals surface area contributed by atoms with Gasteiger partial charge in [0.05, 0.1) is 12.8 Å². The molecule has 0 bridgehead atoms. The van der Waals surface area contributed by atoms with Gasteiger partial charge in [-0.3, -0.25) is 14.4 Å². The van der Waals surface area contributed by atoms with E-state index in [1.165, 1.54) is 38.5 Å². The largest absolute Gasteiger partial charge is 0.481 e. The number of rotatable bonds is 21. The van der Waals surface area contributed by atoms with E-state index in [-0.39, 0.29) is 6.42 Å². The van der Waals surface area contributed by atoms with Crippen LogP contribution in [0.5, 0.6) is 0 Å². The number of hydrogen-bond donors (Lipinski definition) is 3. The number of allylic oxidation sites excluding steroid dienone is 2. The lowest BCUT2D eigenvalue weighted by Gasteiger charge is -2.26. The molecule has 0 spiro atoms. The molecule has 0 atom stereocenters. The van der Waals surface area contributed by atoms with Crippen LogP contribution >= 0.6 is 0 Å². The van der Waals surface area contributed by atoms with Crippen LogP contribution in [0.15, 0.2) is 12.2 Å². The topological polar surface area (TPSA) is 138 Å². The van der Waals surface area contributed by atoms with Gasteiger partial charge in [0.25, 0.3) is 0 Å². The third kappa shape index (κ3) is 15.4. The molecule has 0 heterocycles. The van der Waals surface area contributed by atoms with Crippen molar-refractivity contribution in [1.82, 2.24) is 0 Å². The Morgan fingerprint density at radius 3 is 1.56 bits per heavy atom. The molecule has 0 aromatic carbocycles. The maximum atomic E-state index is 12.0. The van der Waals surface area contributed by atoms with Crippen molar-refractivity contribution in [1.29, 1.82) is 0 Å². The molecule has 0 aliphatic heterocycles. The zero-order chi connectivity index (χ0) is 24.2. The minimum absolute atomic E-state index is 0.0770. The molecule has 0 aromatic heterocycles. The summed E-state index contributed by atoms with van der Waals surface area (Å²) in [5.74, 6) is -5.78. The van der Waals surface area contributed by atoms with E-state index in [0.29, 0.717) is 6.42 Å². The highest BCUT2D eigenvalue weighted by molar-refractivity contribution is 5.90. The van der Waals surface area contributed by atoms with Gasteiger partial charge in [0.1, 0.15) is 0 Å². The highest BCUT2D eigenvalue weighted by atomic mass is 16.6. The van der Waals surface area contributed by atoms with E-state index in [1.807, 2.05) is 0 Å². The number of carbonyl (C=O) groups is 4. The number of hydrogen-bond acceptors (Lipinski definition) is 5. The van der Waals surface area contributed by atoms with Crippen molar-refractivity contribution in [3.8, 4) is 0 Å². The van der Waals surface area contributed by atoms with Gasteiger partial charge in [-0.1, -0.05) is 70.4 Å². The molecule has 0 aromatic rings. The number of ether oxygens (including phenoxy) is 1.